The van der Waals surface area contributed by atoms with Crippen LogP contribution in [0.4, 0.5) is 0 Å². The second kappa shape index (κ2) is 9.70. The number of likely N-dealkylation sites (tertiary alicyclic amines) is 1. The van der Waals surface area contributed by atoms with Crippen LogP contribution >= 0.6 is 8.58 Å². The lowest BCUT2D eigenvalue weighted by atomic mass is 9.88. The summed E-state index contributed by atoms with van der Waals surface area (Å²) in [6.45, 7) is 5.70. The first-order valence-corrected chi connectivity index (χ1v) is 13.1. The summed E-state index contributed by atoms with van der Waals surface area (Å²) in [5.41, 5.74) is 5.00. The molecule has 1 saturated heterocycles. The van der Waals surface area contributed by atoms with Gasteiger partial charge in [-0.3, -0.25) is 14.7 Å². The molecule has 1 amide bonds. The summed E-state index contributed by atoms with van der Waals surface area (Å²) in [6.07, 6.45) is 12.8. The molecule has 0 aliphatic carbocycles. The Bertz CT molecular complexity index is 1170. The molecule has 2 N–H and O–H groups in total. The van der Waals surface area contributed by atoms with Crippen molar-refractivity contribution in [2.45, 2.75) is 44.9 Å². The number of hydrogen-bond acceptors (Lipinski definition) is 6. The molecule has 8 nitrogen and oxygen atoms in total. The van der Waals surface area contributed by atoms with E-state index in [1.54, 1.807) is 6.08 Å². The Morgan fingerprint density at radius 3 is 2.71 bits per heavy atom. The van der Waals surface area contributed by atoms with Crippen molar-refractivity contribution in [1.29, 1.82) is 0 Å². The number of fused-ring (bicyclic) bond motifs is 2. The van der Waals surface area contributed by atoms with Crippen molar-refractivity contribution in [2.75, 3.05) is 26.3 Å². The number of amides is 1. The van der Waals surface area contributed by atoms with Crippen LogP contribution < -0.4 is 0 Å². The highest BCUT2D eigenvalue weighted by Gasteiger charge is 2.32. The van der Waals surface area contributed by atoms with Gasteiger partial charge < -0.3 is 15.1 Å². The average Bonchev–Trinajstić information content (AvgIpc) is 3.28. The predicted octanol–water partition coefficient (Wildman–Crippen LogP) is 2.31. The van der Waals surface area contributed by atoms with E-state index >= 15 is 0 Å². The highest BCUT2D eigenvalue weighted by atomic mass is 31.1. The van der Waals surface area contributed by atoms with Gasteiger partial charge in [0.2, 0.25) is 0 Å². The Hall–Kier alpha value is -2.38. The van der Waals surface area contributed by atoms with Crippen molar-refractivity contribution in [2.24, 2.45) is 5.92 Å². The Labute approximate surface area is 201 Å². The highest BCUT2D eigenvalue weighted by molar-refractivity contribution is 7.51. The minimum atomic E-state index is -0.178. The molecule has 0 spiro atoms. The number of carbonyl (C=O) groups excluding carboxylic acids is 1. The fourth-order valence-corrected chi connectivity index (χ4v) is 6.48. The van der Waals surface area contributed by atoms with Gasteiger partial charge in [0, 0.05) is 17.6 Å². The predicted molar refractivity (Wildman–Crippen MR) is 134 cm³/mol. The number of carbonyl (C=O) groups is 1. The zero-order valence-electron chi connectivity index (χ0n) is 19.7. The van der Waals surface area contributed by atoms with Crippen LogP contribution in [0.5, 0.6) is 0 Å². The third-order valence-corrected chi connectivity index (χ3v) is 8.56. The van der Waals surface area contributed by atoms with Gasteiger partial charge in [-0.2, -0.15) is 5.10 Å². The van der Waals surface area contributed by atoms with Gasteiger partial charge in [0.1, 0.15) is 0 Å². The van der Waals surface area contributed by atoms with E-state index in [9.17, 15) is 15.0 Å². The minimum absolute atomic E-state index is 0.000683. The molecule has 3 aliphatic heterocycles. The number of rotatable bonds is 6. The fraction of sp³-hybridized carbons (Fsp3) is 0.480. The van der Waals surface area contributed by atoms with Gasteiger partial charge in [-0.25, -0.2) is 4.52 Å². The molecule has 2 atom stereocenters. The Morgan fingerprint density at radius 1 is 1.24 bits per heavy atom. The van der Waals surface area contributed by atoms with Gasteiger partial charge in [-0.05, 0) is 56.8 Å². The van der Waals surface area contributed by atoms with Crippen molar-refractivity contribution < 1.29 is 15.0 Å². The van der Waals surface area contributed by atoms with E-state index in [0.29, 0.717) is 14.5 Å². The van der Waals surface area contributed by atoms with E-state index in [4.69, 9.17) is 5.10 Å². The van der Waals surface area contributed by atoms with Crippen LogP contribution in [0.25, 0.3) is 10.8 Å². The van der Waals surface area contributed by atoms with Crippen LogP contribution in [0.15, 0.2) is 42.3 Å². The SMILES string of the molecule is CCc1nc(C)cn2nc(C3=CC(=O)N4C=C(C5CCN(C(CO)CO)CC5)C=CC4P3)cc12. The molecule has 2 aromatic heterocycles. The fourth-order valence-electron chi connectivity index (χ4n) is 5.15. The van der Waals surface area contributed by atoms with Gasteiger partial charge in [0.25, 0.3) is 5.91 Å². The third kappa shape index (κ3) is 4.36. The quantitative estimate of drug-likeness (QED) is 0.615. The van der Waals surface area contributed by atoms with Gasteiger partial charge in [0.05, 0.1) is 53.8 Å². The lowest BCUT2D eigenvalue weighted by molar-refractivity contribution is -0.123. The first-order chi connectivity index (χ1) is 16.5. The Morgan fingerprint density at radius 2 is 2.00 bits per heavy atom. The zero-order chi connectivity index (χ0) is 23.8. The highest BCUT2D eigenvalue weighted by Crippen LogP contribution is 2.45. The summed E-state index contributed by atoms with van der Waals surface area (Å²) in [6, 6.07) is 1.88. The van der Waals surface area contributed by atoms with E-state index < -0.39 is 0 Å². The summed E-state index contributed by atoms with van der Waals surface area (Å²) in [5, 5.41) is 24.7. The molecule has 5 heterocycles. The summed E-state index contributed by atoms with van der Waals surface area (Å²) >= 11 is 0. The summed E-state index contributed by atoms with van der Waals surface area (Å²) in [5.74, 6) is 0.412. The van der Waals surface area contributed by atoms with Crippen LogP contribution in [0, 0.1) is 12.8 Å². The maximum Gasteiger partial charge on any atom is 0.252 e. The second-order valence-corrected chi connectivity index (χ2v) is 10.7. The number of aromatic nitrogens is 3. The summed E-state index contributed by atoms with van der Waals surface area (Å²) < 4.78 is 1.89. The monoisotopic (exact) mass is 481 g/mol. The standard InChI is InChI=1S/C25H32N5O3P/c1-3-20-22-10-21(27-30(22)12-16(2)26-20)23-11-24(33)29-13-18(4-5-25(29)34-23)17-6-8-28(9-7-17)19(14-31)15-32/h4-5,10-13,17,19,25,31-32,34H,3,6-9,14-15H2,1-2H3. The van der Waals surface area contributed by atoms with E-state index in [1.807, 2.05) is 28.7 Å². The minimum Gasteiger partial charge on any atom is -0.395 e. The smallest absolute Gasteiger partial charge is 0.252 e. The van der Waals surface area contributed by atoms with Crippen LogP contribution in [-0.4, -0.2) is 78.6 Å². The normalized spacial score (nSPS) is 22.6. The number of hydrogen-bond donors (Lipinski definition) is 2. The number of allylic oxidation sites excluding steroid dienone is 2. The second-order valence-electron chi connectivity index (χ2n) is 9.25. The van der Waals surface area contributed by atoms with E-state index in [1.165, 1.54) is 5.57 Å². The first-order valence-electron chi connectivity index (χ1n) is 12.0. The summed E-state index contributed by atoms with van der Waals surface area (Å²) in [4.78, 5) is 21.8. The zero-order valence-corrected chi connectivity index (χ0v) is 20.7. The molecule has 5 rings (SSSR count). The Balaban J connectivity index is 1.33. The molecular formula is C25H32N5O3P. The number of nitrogens with zero attached hydrogens (tertiary/aromatic N) is 5. The number of aliphatic hydroxyl groups excluding tert-OH is 2. The average molecular weight is 482 g/mol. The van der Waals surface area contributed by atoms with Crippen LogP contribution in [-0.2, 0) is 11.2 Å². The molecule has 2 unspecified atom stereocenters. The van der Waals surface area contributed by atoms with Crippen LogP contribution in [0.3, 0.4) is 0 Å². The molecule has 34 heavy (non-hydrogen) atoms. The van der Waals surface area contributed by atoms with Gasteiger partial charge in [0.15, 0.2) is 0 Å². The van der Waals surface area contributed by atoms with Crippen LogP contribution in [0.1, 0.15) is 36.8 Å². The van der Waals surface area contributed by atoms with E-state index in [0.717, 1.165) is 60.3 Å². The molecule has 9 heteroatoms. The molecule has 2 aromatic rings. The largest absolute Gasteiger partial charge is 0.395 e. The maximum absolute atomic E-state index is 13.1. The lowest BCUT2D eigenvalue weighted by Crippen LogP contribution is -2.45. The molecule has 0 radical (unpaired) electrons. The molecule has 1 fully saturated rings. The third-order valence-electron chi connectivity index (χ3n) is 7.09. The Kier molecular flexibility index (Phi) is 6.67. The number of piperidine rings is 1. The van der Waals surface area contributed by atoms with Gasteiger partial charge in [-0.1, -0.05) is 27.7 Å². The number of aliphatic hydroxyl groups is 2. The molecule has 0 bridgehead atoms. The molecule has 0 aromatic carbocycles. The van der Waals surface area contributed by atoms with Crippen molar-refractivity contribution >= 4 is 25.3 Å². The van der Waals surface area contributed by atoms with Crippen LogP contribution in [0.2, 0.25) is 0 Å². The topological polar surface area (TPSA) is 94.2 Å². The van der Waals surface area contributed by atoms with Gasteiger partial charge in [-0.15, -0.1) is 0 Å². The molecular weight excluding hydrogens is 449 g/mol. The molecule has 0 saturated carbocycles. The van der Waals surface area contributed by atoms with E-state index in [-0.39, 0.29) is 30.9 Å². The number of aryl methyl sites for hydroxylation is 2. The summed E-state index contributed by atoms with van der Waals surface area (Å²) in [7, 11) is 0.431. The van der Waals surface area contributed by atoms with Gasteiger partial charge >= 0.3 is 0 Å². The first kappa shape index (κ1) is 23.4. The van der Waals surface area contributed by atoms with Crippen molar-refractivity contribution in [3.05, 3.63) is 59.3 Å². The van der Waals surface area contributed by atoms with Crippen molar-refractivity contribution in [3.63, 3.8) is 0 Å². The maximum atomic E-state index is 13.1. The molecule has 3 aliphatic rings. The van der Waals surface area contributed by atoms with Crippen molar-refractivity contribution in [1.82, 2.24) is 24.4 Å². The molecule has 180 valence electrons. The lowest BCUT2D eigenvalue weighted by Gasteiger charge is -2.39. The van der Waals surface area contributed by atoms with E-state index in [2.05, 4.69) is 35.0 Å². The van der Waals surface area contributed by atoms with Crippen molar-refractivity contribution in [3.8, 4) is 0 Å².